The Morgan fingerprint density at radius 3 is 2.04 bits per heavy atom. The zero-order valence-corrected chi connectivity index (χ0v) is 14.7. The van der Waals surface area contributed by atoms with E-state index in [1.807, 2.05) is 17.0 Å². The molecule has 0 atom stereocenters. The topological polar surface area (TPSA) is 75.4 Å². The molecule has 1 saturated heterocycles. The van der Waals surface area contributed by atoms with Crippen molar-refractivity contribution in [1.29, 1.82) is 0 Å². The monoisotopic (exact) mass is 359 g/mol. The normalized spacial score (nSPS) is 13.2. The van der Waals surface area contributed by atoms with Crippen LogP contribution < -0.4 is 11.1 Å². The van der Waals surface area contributed by atoms with Crippen LogP contribution in [-0.4, -0.2) is 29.8 Å². The first kappa shape index (κ1) is 19.0. The Morgan fingerprint density at radius 2 is 1.48 bits per heavy atom. The van der Waals surface area contributed by atoms with Gasteiger partial charge < -0.3 is 16.0 Å². The van der Waals surface area contributed by atoms with E-state index in [1.54, 1.807) is 36.4 Å². The van der Waals surface area contributed by atoms with E-state index in [2.05, 4.69) is 5.32 Å². The Balaban J connectivity index is 0.00000225. The standard InChI is InChI=1S/C19H21N3O2.ClH/c20-13-14-3-5-15(6-4-14)18(23)21-17-9-7-16(8-10-17)19(24)22-11-1-2-12-22;/h3-10H,1-2,11-13,20H2,(H,21,23);1H. The summed E-state index contributed by atoms with van der Waals surface area (Å²) in [5.74, 6) is -0.125. The largest absolute Gasteiger partial charge is 0.339 e. The van der Waals surface area contributed by atoms with E-state index in [0.29, 0.717) is 23.4 Å². The van der Waals surface area contributed by atoms with Gasteiger partial charge in [-0.25, -0.2) is 0 Å². The predicted octanol–water partition coefficient (Wildman–Crippen LogP) is 3.06. The highest BCUT2D eigenvalue weighted by molar-refractivity contribution is 6.04. The quantitative estimate of drug-likeness (QED) is 0.880. The summed E-state index contributed by atoms with van der Waals surface area (Å²) in [6, 6.07) is 14.2. The van der Waals surface area contributed by atoms with Gasteiger partial charge in [-0.2, -0.15) is 0 Å². The van der Waals surface area contributed by atoms with E-state index < -0.39 is 0 Å². The molecule has 2 aromatic carbocycles. The second-order valence-electron chi connectivity index (χ2n) is 5.93. The Hall–Kier alpha value is -2.37. The van der Waals surface area contributed by atoms with E-state index >= 15 is 0 Å². The van der Waals surface area contributed by atoms with Gasteiger partial charge in [0.25, 0.3) is 11.8 Å². The summed E-state index contributed by atoms with van der Waals surface area (Å²) in [5, 5.41) is 2.84. The van der Waals surface area contributed by atoms with Crippen molar-refractivity contribution in [2.45, 2.75) is 19.4 Å². The maximum absolute atomic E-state index is 12.3. The van der Waals surface area contributed by atoms with Crippen LogP contribution >= 0.6 is 12.4 Å². The van der Waals surface area contributed by atoms with Crippen LogP contribution in [0.3, 0.4) is 0 Å². The van der Waals surface area contributed by atoms with Gasteiger partial charge in [-0.1, -0.05) is 12.1 Å². The number of likely N-dealkylation sites (tertiary alicyclic amines) is 1. The molecular weight excluding hydrogens is 338 g/mol. The van der Waals surface area contributed by atoms with Gasteiger partial charge in [-0.05, 0) is 54.8 Å². The molecule has 1 aliphatic heterocycles. The number of halogens is 1. The summed E-state index contributed by atoms with van der Waals surface area (Å²) < 4.78 is 0. The summed E-state index contributed by atoms with van der Waals surface area (Å²) in [6.07, 6.45) is 2.14. The molecule has 2 aromatic rings. The fourth-order valence-corrected chi connectivity index (χ4v) is 2.79. The van der Waals surface area contributed by atoms with E-state index in [4.69, 9.17) is 5.73 Å². The highest BCUT2D eigenvalue weighted by Gasteiger charge is 2.19. The van der Waals surface area contributed by atoms with E-state index in [9.17, 15) is 9.59 Å². The Morgan fingerprint density at radius 1 is 0.920 bits per heavy atom. The van der Waals surface area contributed by atoms with Gasteiger partial charge in [0, 0.05) is 36.4 Å². The Labute approximate surface area is 153 Å². The summed E-state index contributed by atoms with van der Waals surface area (Å²) >= 11 is 0. The molecule has 0 unspecified atom stereocenters. The van der Waals surface area contributed by atoms with E-state index in [-0.39, 0.29) is 24.2 Å². The van der Waals surface area contributed by atoms with Crippen LogP contribution in [0.1, 0.15) is 39.1 Å². The van der Waals surface area contributed by atoms with Crippen LogP contribution in [0.25, 0.3) is 0 Å². The molecular formula is C19H22ClN3O2. The number of nitrogens with two attached hydrogens (primary N) is 1. The number of hydrogen-bond donors (Lipinski definition) is 2. The molecule has 0 aliphatic carbocycles. The van der Waals surface area contributed by atoms with Gasteiger partial charge in [0.1, 0.15) is 0 Å². The lowest BCUT2D eigenvalue weighted by atomic mass is 10.1. The molecule has 25 heavy (non-hydrogen) atoms. The van der Waals surface area contributed by atoms with Gasteiger partial charge in [-0.3, -0.25) is 9.59 Å². The molecule has 5 nitrogen and oxygen atoms in total. The van der Waals surface area contributed by atoms with Crippen molar-refractivity contribution in [2.75, 3.05) is 18.4 Å². The Bertz CT molecular complexity index is 723. The van der Waals surface area contributed by atoms with E-state index in [1.165, 1.54) is 0 Å². The zero-order chi connectivity index (χ0) is 16.9. The second kappa shape index (κ2) is 8.65. The smallest absolute Gasteiger partial charge is 0.255 e. The Kier molecular flexibility index (Phi) is 6.56. The minimum absolute atomic E-state index is 0. The highest BCUT2D eigenvalue weighted by atomic mass is 35.5. The number of benzene rings is 2. The number of carbonyl (C=O) groups excluding carboxylic acids is 2. The fourth-order valence-electron chi connectivity index (χ4n) is 2.79. The number of amides is 2. The van der Waals surface area contributed by atoms with Gasteiger partial charge in [-0.15, -0.1) is 12.4 Å². The van der Waals surface area contributed by atoms with Crippen molar-refractivity contribution in [3.05, 3.63) is 65.2 Å². The van der Waals surface area contributed by atoms with Crippen LogP contribution in [0.2, 0.25) is 0 Å². The maximum atomic E-state index is 12.3. The third-order valence-electron chi connectivity index (χ3n) is 4.23. The highest BCUT2D eigenvalue weighted by Crippen LogP contribution is 2.16. The minimum atomic E-state index is -0.183. The van der Waals surface area contributed by atoms with Crippen molar-refractivity contribution < 1.29 is 9.59 Å². The molecule has 0 bridgehead atoms. The molecule has 0 saturated carbocycles. The van der Waals surface area contributed by atoms with Crippen molar-refractivity contribution in [3.63, 3.8) is 0 Å². The third kappa shape index (κ3) is 4.59. The molecule has 3 N–H and O–H groups in total. The molecule has 6 heteroatoms. The maximum Gasteiger partial charge on any atom is 0.255 e. The number of rotatable bonds is 4. The van der Waals surface area contributed by atoms with Crippen molar-refractivity contribution in [1.82, 2.24) is 4.90 Å². The molecule has 0 spiro atoms. The summed E-state index contributed by atoms with van der Waals surface area (Å²) in [7, 11) is 0. The molecule has 132 valence electrons. The molecule has 3 rings (SSSR count). The van der Waals surface area contributed by atoms with Crippen LogP contribution in [0.4, 0.5) is 5.69 Å². The van der Waals surface area contributed by atoms with Crippen molar-refractivity contribution in [3.8, 4) is 0 Å². The lowest BCUT2D eigenvalue weighted by Crippen LogP contribution is -2.27. The lowest BCUT2D eigenvalue weighted by Gasteiger charge is -2.15. The average Bonchev–Trinajstić information content (AvgIpc) is 3.16. The molecule has 1 aliphatic rings. The number of nitrogens with one attached hydrogen (secondary N) is 1. The minimum Gasteiger partial charge on any atom is -0.339 e. The van der Waals surface area contributed by atoms with Crippen molar-refractivity contribution in [2.24, 2.45) is 5.73 Å². The first-order chi connectivity index (χ1) is 11.7. The van der Waals surface area contributed by atoms with E-state index in [0.717, 1.165) is 31.5 Å². The van der Waals surface area contributed by atoms with Crippen LogP contribution in [0, 0.1) is 0 Å². The van der Waals surface area contributed by atoms with Crippen molar-refractivity contribution >= 4 is 29.9 Å². The second-order valence-corrected chi connectivity index (χ2v) is 5.93. The average molecular weight is 360 g/mol. The summed E-state index contributed by atoms with van der Waals surface area (Å²) in [6.45, 7) is 2.11. The molecule has 2 amide bonds. The van der Waals surface area contributed by atoms with Crippen LogP contribution in [0.15, 0.2) is 48.5 Å². The lowest BCUT2D eigenvalue weighted by molar-refractivity contribution is 0.0792. The molecule has 0 radical (unpaired) electrons. The fraction of sp³-hybridized carbons (Fsp3) is 0.263. The number of anilines is 1. The number of carbonyl (C=O) groups is 2. The number of nitrogens with zero attached hydrogens (tertiary/aromatic N) is 1. The molecule has 1 heterocycles. The van der Waals surface area contributed by atoms with Crippen LogP contribution in [-0.2, 0) is 6.54 Å². The SMILES string of the molecule is Cl.NCc1ccc(C(=O)Nc2ccc(C(=O)N3CCCC3)cc2)cc1. The molecule has 1 fully saturated rings. The first-order valence-corrected chi connectivity index (χ1v) is 8.17. The summed E-state index contributed by atoms with van der Waals surface area (Å²) in [4.78, 5) is 26.4. The van der Waals surface area contributed by atoms with Gasteiger partial charge >= 0.3 is 0 Å². The third-order valence-corrected chi connectivity index (χ3v) is 4.23. The first-order valence-electron chi connectivity index (χ1n) is 8.17. The predicted molar refractivity (Wildman–Crippen MR) is 101 cm³/mol. The number of hydrogen-bond acceptors (Lipinski definition) is 3. The van der Waals surface area contributed by atoms with Crippen LogP contribution in [0.5, 0.6) is 0 Å². The van der Waals surface area contributed by atoms with Gasteiger partial charge in [0.2, 0.25) is 0 Å². The summed E-state index contributed by atoms with van der Waals surface area (Å²) in [5.41, 5.74) is 8.43. The van der Waals surface area contributed by atoms with Gasteiger partial charge in [0.15, 0.2) is 0 Å². The van der Waals surface area contributed by atoms with Gasteiger partial charge in [0.05, 0.1) is 0 Å². The molecule has 0 aromatic heterocycles. The zero-order valence-electron chi connectivity index (χ0n) is 13.9.